The van der Waals surface area contributed by atoms with Crippen molar-refractivity contribution in [2.45, 2.75) is 0 Å². The van der Waals surface area contributed by atoms with E-state index in [0.29, 0.717) is 52.9 Å². The molecule has 220 valence electrons. The molecule has 0 amide bonds. The predicted molar refractivity (Wildman–Crippen MR) is 166 cm³/mol. The van der Waals surface area contributed by atoms with Gasteiger partial charge in [-0.2, -0.15) is 5.10 Å². The van der Waals surface area contributed by atoms with Crippen molar-refractivity contribution in [2.24, 2.45) is 0 Å². The highest BCUT2D eigenvalue weighted by Gasteiger charge is 2.18. The second-order valence-electron chi connectivity index (χ2n) is 10.8. The van der Waals surface area contributed by atoms with E-state index in [1.165, 1.54) is 12.1 Å². The minimum absolute atomic E-state index is 0.348. The first kappa shape index (κ1) is 28.2. The SMILES string of the molecule is CN(C)CCNc1cc(F)cc(-c2nccc3[nH]c(-c4n[nH]c5cnc(-c6cncc(OCCN(C)C)c6)cc45)nc23)c1. The largest absolute Gasteiger partial charge is 0.491 e. The van der Waals surface area contributed by atoms with Gasteiger partial charge in [0, 0.05) is 54.2 Å². The number of aromatic nitrogens is 7. The normalized spacial score (nSPS) is 11.7. The van der Waals surface area contributed by atoms with Gasteiger partial charge in [-0.15, -0.1) is 0 Å². The Bertz CT molecular complexity index is 1880. The summed E-state index contributed by atoms with van der Waals surface area (Å²) in [5.74, 6) is 0.895. The molecule has 0 aliphatic carbocycles. The van der Waals surface area contributed by atoms with Crippen LogP contribution in [-0.2, 0) is 0 Å². The molecule has 0 bridgehead atoms. The Kier molecular flexibility index (Phi) is 7.95. The average Bonchev–Trinajstić information content (AvgIpc) is 3.60. The fraction of sp³-hybridized carbons (Fsp3) is 0.258. The summed E-state index contributed by atoms with van der Waals surface area (Å²) in [5.41, 5.74) is 6.25. The van der Waals surface area contributed by atoms with Gasteiger partial charge >= 0.3 is 0 Å². The van der Waals surface area contributed by atoms with E-state index in [9.17, 15) is 4.39 Å². The zero-order valence-corrected chi connectivity index (χ0v) is 24.5. The number of nitrogens with zero attached hydrogens (tertiary/aromatic N) is 7. The smallest absolute Gasteiger partial charge is 0.159 e. The van der Waals surface area contributed by atoms with Gasteiger partial charge in [-0.25, -0.2) is 9.37 Å². The number of nitrogens with one attached hydrogen (secondary N) is 3. The Balaban J connectivity index is 1.33. The highest BCUT2D eigenvalue weighted by Crippen LogP contribution is 2.33. The zero-order chi connectivity index (χ0) is 29.9. The number of fused-ring (bicyclic) bond motifs is 2. The number of pyridine rings is 3. The van der Waals surface area contributed by atoms with Crippen LogP contribution in [0.2, 0.25) is 0 Å². The molecule has 0 fully saturated rings. The first-order valence-corrected chi connectivity index (χ1v) is 14.0. The fourth-order valence-electron chi connectivity index (χ4n) is 4.75. The van der Waals surface area contributed by atoms with Crippen LogP contribution in [-0.4, -0.2) is 99.3 Å². The van der Waals surface area contributed by atoms with E-state index in [0.717, 1.165) is 40.8 Å². The monoisotopic (exact) mass is 580 g/mol. The molecule has 5 aromatic heterocycles. The van der Waals surface area contributed by atoms with Crippen molar-refractivity contribution in [3.05, 3.63) is 67.0 Å². The van der Waals surface area contributed by atoms with Crippen molar-refractivity contribution in [1.29, 1.82) is 0 Å². The number of anilines is 1. The van der Waals surface area contributed by atoms with Gasteiger partial charge in [-0.05, 0) is 64.6 Å². The van der Waals surface area contributed by atoms with E-state index in [-0.39, 0.29) is 5.82 Å². The van der Waals surface area contributed by atoms with Crippen LogP contribution in [0.5, 0.6) is 5.75 Å². The third-order valence-corrected chi connectivity index (χ3v) is 6.95. The van der Waals surface area contributed by atoms with Crippen molar-refractivity contribution >= 4 is 27.6 Å². The number of rotatable bonds is 11. The maximum absolute atomic E-state index is 14.7. The van der Waals surface area contributed by atoms with Gasteiger partial charge < -0.3 is 24.8 Å². The molecule has 12 heteroatoms. The maximum atomic E-state index is 14.7. The third kappa shape index (κ3) is 6.30. The van der Waals surface area contributed by atoms with Crippen LogP contribution in [0.3, 0.4) is 0 Å². The molecule has 0 aliphatic rings. The van der Waals surface area contributed by atoms with Crippen LogP contribution < -0.4 is 10.1 Å². The molecular formula is C31H33FN10O. The van der Waals surface area contributed by atoms with Gasteiger partial charge in [0.2, 0.25) is 0 Å². The number of ether oxygens (including phenoxy) is 1. The standard InChI is InChI=1S/C31H33FN10O/c1-41(2)8-7-34-22-12-19(11-21(32)14-22)28-30-25(5-6-35-28)37-31(38-30)29-24-15-26(36-18-27(24)39-40-29)20-13-23(17-33-16-20)43-10-9-42(3)4/h5-6,11-18,34H,7-10H2,1-4H3,(H,37,38)(H,39,40). The number of hydrogen-bond donors (Lipinski definition) is 3. The zero-order valence-electron chi connectivity index (χ0n) is 24.5. The number of hydrogen-bond acceptors (Lipinski definition) is 9. The summed E-state index contributed by atoms with van der Waals surface area (Å²) < 4.78 is 20.5. The summed E-state index contributed by atoms with van der Waals surface area (Å²) in [6.45, 7) is 2.87. The number of likely N-dealkylation sites (N-methyl/N-ethyl adjacent to an activating group) is 2. The lowest BCUT2D eigenvalue weighted by Gasteiger charge is -2.12. The van der Waals surface area contributed by atoms with Crippen molar-refractivity contribution in [3.8, 4) is 39.8 Å². The van der Waals surface area contributed by atoms with Crippen molar-refractivity contribution < 1.29 is 9.13 Å². The highest BCUT2D eigenvalue weighted by atomic mass is 19.1. The van der Waals surface area contributed by atoms with Crippen molar-refractivity contribution in [2.75, 3.05) is 59.7 Å². The van der Waals surface area contributed by atoms with Crippen LogP contribution in [0.4, 0.5) is 10.1 Å². The van der Waals surface area contributed by atoms with Crippen LogP contribution in [0, 0.1) is 5.82 Å². The average molecular weight is 581 g/mol. The maximum Gasteiger partial charge on any atom is 0.159 e. The van der Waals surface area contributed by atoms with Crippen LogP contribution >= 0.6 is 0 Å². The molecule has 0 unspecified atom stereocenters. The molecule has 43 heavy (non-hydrogen) atoms. The molecule has 0 aliphatic heterocycles. The summed E-state index contributed by atoms with van der Waals surface area (Å²) in [6, 6.07) is 10.6. The molecule has 11 nitrogen and oxygen atoms in total. The lowest BCUT2D eigenvalue weighted by atomic mass is 10.1. The van der Waals surface area contributed by atoms with Gasteiger partial charge in [-0.3, -0.25) is 20.1 Å². The van der Waals surface area contributed by atoms with Gasteiger partial charge in [-0.1, -0.05) is 0 Å². The topological polar surface area (TPSA) is 124 Å². The van der Waals surface area contributed by atoms with Gasteiger partial charge in [0.05, 0.1) is 34.8 Å². The Hall–Kier alpha value is -4.94. The molecule has 1 aromatic carbocycles. The van der Waals surface area contributed by atoms with E-state index in [4.69, 9.17) is 9.72 Å². The molecule has 3 N–H and O–H groups in total. The fourth-order valence-corrected chi connectivity index (χ4v) is 4.75. The minimum Gasteiger partial charge on any atom is -0.491 e. The quantitative estimate of drug-likeness (QED) is 0.200. The summed E-state index contributed by atoms with van der Waals surface area (Å²) in [6.07, 6.45) is 6.89. The highest BCUT2D eigenvalue weighted by molar-refractivity contribution is 5.97. The van der Waals surface area contributed by atoms with E-state index < -0.39 is 0 Å². The van der Waals surface area contributed by atoms with Gasteiger partial charge in [0.25, 0.3) is 0 Å². The molecule has 6 aromatic rings. The molecule has 5 heterocycles. The Morgan fingerprint density at radius 1 is 0.884 bits per heavy atom. The lowest BCUT2D eigenvalue weighted by molar-refractivity contribution is 0.261. The van der Waals surface area contributed by atoms with Crippen molar-refractivity contribution in [3.63, 3.8) is 0 Å². The molecule has 0 radical (unpaired) electrons. The van der Waals surface area contributed by atoms with E-state index >= 15 is 0 Å². The summed E-state index contributed by atoms with van der Waals surface area (Å²) in [7, 11) is 8.00. The van der Waals surface area contributed by atoms with E-state index in [2.05, 4.69) is 45.2 Å². The summed E-state index contributed by atoms with van der Waals surface area (Å²) in [4.78, 5) is 25.9. The van der Waals surface area contributed by atoms with Gasteiger partial charge in [0.1, 0.15) is 29.4 Å². The number of imidazole rings is 1. The third-order valence-electron chi connectivity index (χ3n) is 6.95. The second-order valence-corrected chi connectivity index (χ2v) is 10.8. The second kappa shape index (κ2) is 12.1. The number of benzene rings is 1. The lowest BCUT2D eigenvalue weighted by Crippen LogP contribution is -2.20. The molecular weight excluding hydrogens is 547 g/mol. The van der Waals surface area contributed by atoms with E-state index in [1.54, 1.807) is 24.8 Å². The molecule has 0 saturated carbocycles. The Labute approximate surface area is 248 Å². The van der Waals surface area contributed by atoms with Crippen LogP contribution in [0.15, 0.2) is 61.2 Å². The molecule has 0 saturated heterocycles. The number of halogens is 1. The number of aromatic amines is 2. The first-order chi connectivity index (χ1) is 20.8. The van der Waals surface area contributed by atoms with Crippen LogP contribution in [0.1, 0.15) is 0 Å². The van der Waals surface area contributed by atoms with Crippen LogP contribution in [0.25, 0.3) is 56.0 Å². The first-order valence-electron chi connectivity index (χ1n) is 14.0. The molecule has 6 rings (SSSR count). The molecule has 0 atom stereocenters. The van der Waals surface area contributed by atoms with Crippen molar-refractivity contribution in [1.82, 2.24) is 44.9 Å². The van der Waals surface area contributed by atoms with E-state index in [1.807, 2.05) is 52.5 Å². The molecule has 0 spiro atoms. The Morgan fingerprint density at radius 3 is 2.58 bits per heavy atom. The summed E-state index contributed by atoms with van der Waals surface area (Å²) >= 11 is 0. The minimum atomic E-state index is -0.348. The Morgan fingerprint density at radius 2 is 1.74 bits per heavy atom. The van der Waals surface area contributed by atoms with Gasteiger partial charge in [0.15, 0.2) is 5.82 Å². The number of H-pyrrole nitrogens is 2. The summed E-state index contributed by atoms with van der Waals surface area (Å²) in [5, 5.41) is 11.7. The predicted octanol–water partition coefficient (Wildman–Crippen LogP) is 4.68.